The van der Waals surface area contributed by atoms with Gasteiger partial charge in [-0.05, 0) is 12.0 Å². The summed E-state index contributed by atoms with van der Waals surface area (Å²) in [6.07, 6.45) is -0.438. The first-order valence-corrected chi connectivity index (χ1v) is 7.35. The van der Waals surface area contributed by atoms with Crippen molar-refractivity contribution in [1.82, 2.24) is 10.6 Å². The summed E-state index contributed by atoms with van der Waals surface area (Å²) in [5, 5.41) is 22.5. The Labute approximate surface area is 138 Å². The molecule has 0 aliphatic rings. The van der Waals surface area contributed by atoms with Crippen LogP contribution in [-0.2, 0) is 25.6 Å². The number of hydrogen-bond donors (Lipinski definition) is 4. The Bertz CT molecular complexity index is 602. The van der Waals surface area contributed by atoms with Crippen LogP contribution in [0.25, 0.3) is 0 Å². The van der Waals surface area contributed by atoms with Gasteiger partial charge in [-0.3, -0.25) is 14.4 Å². The molecule has 0 radical (unpaired) electrons. The standard InChI is InChI=1S/C16H20N2O6/c1-10(19)17-13(9-11-5-3-2-4-6-11)15(22)18-12(16(23)24)7-8-14(20)21/h2-6,12-13H,7-9H2,1H3,(H,17,19)(H,18,22)(H,20,21)(H,23,24). The fraction of sp³-hybridized carbons (Fsp3) is 0.375. The lowest BCUT2D eigenvalue weighted by Crippen LogP contribution is -2.52. The lowest BCUT2D eigenvalue weighted by Gasteiger charge is -2.21. The molecule has 0 saturated carbocycles. The van der Waals surface area contributed by atoms with E-state index in [4.69, 9.17) is 10.2 Å². The highest BCUT2D eigenvalue weighted by molar-refractivity contribution is 5.90. The molecule has 0 spiro atoms. The lowest BCUT2D eigenvalue weighted by molar-refractivity contribution is -0.143. The molecule has 0 saturated heterocycles. The molecule has 2 amide bonds. The minimum absolute atomic E-state index is 0.192. The molecule has 24 heavy (non-hydrogen) atoms. The van der Waals surface area contributed by atoms with Crippen molar-refractivity contribution in [3.05, 3.63) is 35.9 Å². The van der Waals surface area contributed by atoms with Crippen LogP contribution in [0, 0.1) is 0 Å². The maximum Gasteiger partial charge on any atom is 0.326 e. The summed E-state index contributed by atoms with van der Waals surface area (Å²) in [4.78, 5) is 45.3. The third-order valence-electron chi connectivity index (χ3n) is 3.24. The first-order valence-electron chi connectivity index (χ1n) is 7.35. The topological polar surface area (TPSA) is 133 Å². The predicted molar refractivity (Wildman–Crippen MR) is 84.2 cm³/mol. The van der Waals surface area contributed by atoms with Gasteiger partial charge in [-0.1, -0.05) is 30.3 Å². The molecule has 130 valence electrons. The summed E-state index contributed by atoms with van der Waals surface area (Å²) in [5.74, 6) is -3.58. The number of rotatable bonds is 9. The van der Waals surface area contributed by atoms with Crippen molar-refractivity contribution < 1.29 is 29.4 Å². The quantitative estimate of drug-likeness (QED) is 0.508. The van der Waals surface area contributed by atoms with Gasteiger partial charge in [-0.25, -0.2) is 4.79 Å². The Morgan fingerprint density at radius 3 is 2.12 bits per heavy atom. The van der Waals surface area contributed by atoms with Gasteiger partial charge >= 0.3 is 11.9 Å². The van der Waals surface area contributed by atoms with Gasteiger partial charge in [0.1, 0.15) is 12.1 Å². The van der Waals surface area contributed by atoms with Crippen LogP contribution >= 0.6 is 0 Å². The molecule has 8 nitrogen and oxygen atoms in total. The number of carboxylic acids is 2. The molecule has 0 aliphatic heterocycles. The zero-order valence-corrected chi connectivity index (χ0v) is 13.2. The van der Waals surface area contributed by atoms with E-state index < -0.39 is 35.8 Å². The minimum atomic E-state index is -1.33. The molecular formula is C16H20N2O6. The molecule has 1 aromatic rings. The summed E-state index contributed by atoms with van der Waals surface area (Å²) in [7, 11) is 0. The SMILES string of the molecule is CC(=O)NC(Cc1ccccc1)C(=O)NC(CCC(=O)O)C(=O)O. The van der Waals surface area contributed by atoms with Gasteiger partial charge in [-0.15, -0.1) is 0 Å². The normalized spacial score (nSPS) is 12.7. The Hall–Kier alpha value is -2.90. The van der Waals surface area contributed by atoms with Gasteiger partial charge in [0, 0.05) is 19.8 Å². The Morgan fingerprint density at radius 2 is 1.62 bits per heavy atom. The van der Waals surface area contributed by atoms with E-state index in [2.05, 4.69) is 10.6 Å². The molecule has 0 bridgehead atoms. The average Bonchev–Trinajstić information content (AvgIpc) is 2.50. The molecule has 0 heterocycles. The van der Waals surface area contributed by atoms with Crippen molar-refractivity contribution in [1.29, 1.82) is 0 Å². The highest BCUT2D eigenvalue weighted by Gasteiger charge is 2.26. The number of hydrogen-bond acceptors (Lipinski definition) is 4. The van der Waals surface area contributed by atoms with Crippen molar-refractivity contribution in [2.75, 3.05) is 0 Å². The van der Waals surface area contributed by atoms with Crippen LogP contribution in [0.1, 0.15) is 25.3 Å². The molecule has 2 atom stereocenters. The van der Waals surface area contributed by atoms with E-state index in [0.29, 0.717) is 0 Å². The lowest BCUT2D eigenvalue weighted by atomic mass is 10.0. The zero-order chi connectivity index (χ0) is 18.1. The maximum atomic E-state index is 12.3. The second-order valence-electron chi connectivity index (χ2n) is 5.27. The molecular weight excluding hydrogens is 316 g/mol. The number of carbonyl (C=O) groups is 4. The third-order valence-corrected chi connectivity index (χ3v) is 3.24. The average molecular weight is 336 g/mol. The van der Waals surface area contributed by atoms with E-state index in [9.17, 15) is 19.2 Å². The van der Waals surface area contributed by atoms with Gasteiger partial charge < -0.3 is 20.8 Å². The van der Waals surface area contributed by atoms with Crippen molar-refractivity contribution in [2.45, 2.75) is 38.3 Å². The van der Waals surface area contributed by atoms with Crippen LogP contribution < -0.4 is 10.6 Å². The summed E-state index contributed by atoms with van der Waals surface area (Å²) in [6, 6.07) is 6.65. The van der Waals surface area contributed by atoms with E-state index in [1.165, 1.54) is 6.92 Å². The maximum absolute atomic E-state index is 12.3. The summed E-state index contributed by atoms with van der Waals surface area (Å²) in [6.45, 7) is 1.25. The Kier molecular flexibility index (Phi) is 7.41. The van der Waals surface area contributed by atoms with Gasteiger partial charge in [0.05, 0.1) is 0 Å². The van der Waals surface area contributed by atoms with E-state index in [1.807, 2.05) is 6.07 Å². The molecule has 0 aromatic heterocycles. The van der Waals surface area contributed by atoms with Crippen LogP contribution in [0.3, 0.4) is 0 Å². The number of amides is 2. The van der Waals surface area contributed by atoms with E-state index in [-0.39, 0.29) is 19.3 Å². The molecule has 1 rings (SSSR count). The van der Waals surface area contributed by atoms with E-state index >= 15 is 0 Å². The molecule has 2 unspecified atom stereocenters. The highest BCUT2D eigenvalue weighted by atomic mass is 16.4. The zero-order valence-electron chi connectivity index (χ0n) is 13.2. The van der Waals surface area contributed by atoms with Crippen LogP contribution in [0.4, 0.5) is 0 Å². The van der Waals surface area contributed by atoms with Gasteiger partial charge in [0.2, 0.25) is 11.8 Å². The first-order chi connectivity index (χ1) is 11.3. The van der Waals surface area contributed by atoms with Crippen LogP contribution in [-0.4, -0.2) is 46.0 Å². The summed E-state index contributed by atoms with van der Waals surface area (Å²) >= 11 is 0. The predicted octanol–water partition coefficient (Wildman–Crippen LogP) is 0.168. The number of carbonyl (C=O) groups excluding carboxylic acids is 2. The fourth-order valence-electron chi connectivity index (χ4n) is 2.10. The van der Waals surface area contributed by atoms with Crippen molar-refractivity contribution in [3.8, 4) is 0 Å². The third kappa shape index (κ3) is 6.91. The largest absolute Gasteiger partial charge is 0.481 e. The smallest absolute Gasteiger partial charge is 0.326 e. The van der Waals surface area contributed by atoms with Crippen LogP contribution in [0.15, 0.2) is 30.3 Å². The fourth-order valence-corrected chi connectivity index (χ4v) is 2.10. The number of carboxylic acid groups (broad SMARTS) is 2. The first kappa shape index (κ1) is 19.1. The van der Waals surface area contributed by atoms with Gasteiger partial charge in [-0.2, -0.15) is 0 Å². The number of aliphatic carboxylic acids is 2. The molecule has 1 aromatic carbocycles. The Morgan fingerprint density at radius 1 is 1.00 bits per heavy atom. The van der Waals surface area contributed by atoms with Crippen molar-refractivity contribution >= 4 is 23.8 Å². The molecule has 8 heteroatoms. The summed E-state index contributed by atoms with van der Waals surface area (Å²) < 4.78 is 0. The van der Waals surface area contributed by atoms with Crippen molar-refractivity contribution in [2.24, 2.45) is 0 Å². The highest BCUT2D eigenvalue weighted by Crippen LogP contribution is 2.05. The summed E-state index contributed by atoms with van der Waals surface area (Å²) in [5.41, 5.74) is 0.795. The monoisotopic (exact) mass is 336 g/mol. The number of nitrogens with one attached hydrogen (secondary N) is 2. The molecule has 0 aliphatic carbocycles. The number of benzene rings is 1. The van der Waals surface area contributed by atoms with Crippen LogP contribution in [0.5, 0.6) is 0 Å². The Balaban J connectivity index is 2.79. The van der Waals surface area contributed by atoms with Crippen LogP contribution in [0.2, 0.25) is 0 Å². The van der Waals surface area contributed by atoms with Crippen molar-refractivity contribution in [3.63, 3.8) is 0 Å². The van der Waals surface area contributed by atoms with Gasteiger partial charge in [0.15, 0.2) is 0 Å². The molecule has 4 N–H and O–H groups in total. The van der Waals surface area contributed by atoms with E-state index in [1.54, 1.807) is 24.3 Å². The second-order valence-corrected chi connectivity index (χ2v) is 5.27. The minimum Gasteiger partial charge on any atom is -0.481 e. The molecule has 0 fully saturated rings. The van der Waals surface area contributed by atoms with E-state index in [0.717, 1.165) is 5.56 Å². The second kappa shape index (κ2) is 9.29. The van der Waals surface area contributed by atoms with Gasteiger partial charge in [0.25, 0.3) is 0 Å².